The van der Waals surface area contributed by atoms with Crippen LogP contribution in [0.15, 0.2) is 6.33 Å². The van der Waals surface area contributed by atoms with Crippen molar-refractivity contribution >= 4 is 0 Å². The zero-order valence-corrected chi connectivity index (χ0v) is 8.56. The topological polar surface area (TPSA) is 60.0 Å². The highest BCUT2D eigenvalue weighted by atomic mass is 15.3. The lowest BCUT2D eigenvalue weighted by molar-refractivity contribution is 0.312. The van der Waals surface area contributed by atoms with E-state index in [1.54, 1.807) is 6.33 Å². The van der Waals surface area contributed by atoms with Gasteiger partial charge in [0.1, 0.15) is 12.2 Å². The van der Waals surface area contributed by atoms with Crippen molar-refractivity contribution < 1.29 is 0 Å². The molecule has 0 spiro atoms. The van der Waals surface area contributed by atoms with E-state index in [2.05, 4.69) is 26.6 Å². The molecule has 5 nitrogen and oxygen atoms in total. The van der Waals surface area contributed by atoms with Gasteiger partial charge in [-0.15, -0.1) is 10.2 Å². The first kappa shape index (κ1) is 9.61. The molecule has 0 saturated carbocycles. The normalized spacial score (nSPS) is 23.1. The van der Waals surface area contributed by atoms with E-state index in [4.69, 9.17) is 5.73 Å². The van der Waals surface area contributed by atoms with E-state index >= 15 is 0 Å². The summed E-state index contributed by atoms with van der Waals surface area (Å²) in [6.45, 7) is 5.97. The van der Waals surface area contributed by atoms with Gasteiger partial charge in [-0.1, -0.05) is 0 Å². The number of aromatic nitrogens is 3. The largest absolute Gasteiger partial charge is 0.326 e. The van der Waals surface area contributed by atoms with Crippen LogP contribution in [0.3, 0.4) is 0 Å². The molecule has 0 aliphatic carbocycles. The Morgan fingerprint density at radius 3 is 3.14 bits per heavy atom. The van der Waals surface area contributed by atoms with E-state index < -0.39 is 0 Å². The minimum atomic E-state index is 0.341. The second-order valence-electron chi connectivity index (χ2n) is 3.82. The Hall–Kier alpha value is -0.940. The van der Waals surface area contributed by atoms with Crippen molar-refractivity contribution in [2.24, 2.45) is 5.73 Å². The second kappa shape index (κ2) is 4.06. The molecule has 1 unspecified atom stereocenters. The standard InChI is InChI=1S/C9H17N5/c1-2-14-7-11-12-9(14)6-13-4-3-8(10)5-13/h7-8H,2-6,10H2,1H3. The highest BCUT2D eigenvalue weighted by Crippen LogP contribution is 2.10. The van der Waals surface area contributed by atoms with Gasteiger partial charge in [0, 0.05) is 25.7 Å². The van der Waals surface area contributed by atoms with Gasteiger partial charge in [0.05, 0.1) is 6.54 Å². The van der Waals surface area contributed by atoms with Crippen molar-refractivity contribution in [1.29, 1.82) is 0 Å². The van der Waals surface area contributed by atoms with E-state index in [0.29, 0.717) is 6.04 Å². The number of aryl methyl sites for hydroxylation is 1. The third-order valence-corrected chi connectivity index (χ3v) is 2.71. The predicted molar refractivity (Wildman–Crippen MR) is 53.6 cm³/mol. The average molecular weight is 195 g/mol. The Morgan fingerprint density at radius 2 is 2.50 bits per heavy atom. The minimum Gasteiger partial charge on any atom is -0.326 e. The highest BCUT2D eigenvalue weighted by Gasteiger charge is 2.20. The van der Waals surface area contributed by atoms with Crippen molar-refractivity contribution in [2.45, 2.75) is 32.5 Å². The maximum absolute atomic E-state index is 5.84. The molecule has 1 atom stereocenters. The summed E-state index contributed by atoms with van der Waals surface area (Å²) in [6, 6.07) is 0.341. The number of hydrogen-bond acceptors (Lipinski definition) is 4. The molecule has 2 heterocycles. The van der Waals surface area contributed by atoms with Gasteiger partial charge in [-0.3, -0.25) is 4.90 Å². The third-order valence-electron chi connectivity index (χ3n) is 2.71. The van der Waals surface area contributed by atoms with Crippen LogP contribution in [-0.4, -0.2) is 38.8 Å². The summed E-state index contributed by atoms with van der Waals surface area (Å²) < 4.78 is 2.07. The number of hydrogen-bond donors (Lipinski definition) is 1. The van der Waals surface area contributed by atoms with Crippen molar-refractivity contribution in [2.75, 3.05) is 13.1 Å². The summed E-state index contributed by atoms with van der Waals surface area (Å²) in [5, 5.41) is 8.02. The van der Waals surface area contributed by atoms with Gasteiger partial charge in [0.15, 0.2) is 0 Å². The fourth-order valence-corrected chi connectivity index (χ4v) is 1.87. The molecule has 1 saturated heterocycles. The zero-order chi connectivity index (χ0) is 9.97. The maximum Gasteiger partial charge on any atom is 0.146 e. The summed E-state index contributed by atoms with van der Waals surface area (Å²) in [5.74, 6) is 1.04. The van der Waals surface area contributed by atoms with E-state index in [1.807, 2.05) is 0 Å². The van der Waals surface area contributed by atoms with Crippen LogP contribution >= 0.6 is 0 Å². The summed E-state index contributed by atoms with van der Waals surface area (Å²) >= 11 is 0. The zero-order valence-electron chi connectivity index (χ0n) is 8.56. The van der Waals surface area contributed by atoms with Crippen LogP contribution in [0.1, 0.15) is 19.2 Å². The molecule has 1 aromatic heterocycles. The average Bonchev–Trinajstić information content (AvgIpc) is 2.76. The van der Waals surface area contributed by atoms with Gasteiger partial charge in [0.25, 0.3) is 0 Å². The van der Waals surface area contributed by atoms with Crippen molar-refractivity contribution in [1.82, 2.24) is 19.7 Å². The van der Waals surface area contributed by atoms with Crippen LogP contribution in [-0.2, 0) is 13.1 Å². The molecule has 1 aliphatic heterocycles. The van der Waals surface area contributed by atoms with Crippen LogP contribution < -0.4 is 5.73 Å². The SMILES string of the molecule is CCn1cnnc1CN1CCC(N)C1. The summed E-state index contributed by atoms with van der Waals surface area (Å²) in [5.41, 5.74) is 5.84. The number of nitrogens with zero attached hydrogens (tertiary/aromatic N) is 4. The van der Waals surface area contributed by atoms with Gasteiger partial charge < -0.3 is 10.3 Å². The predicted octanol–water partition coefficient (Wildman–Crippen LogP) is -0.169. The summed E-state index contributed by atoms with van der Waals surface area (Å²) in [6.07, 6.45) is 2.88. The summed E-state index contributed by atoms with van der Waals surface area (Å²) in [7, 11) is 0. The molecular formula is C9H17N5. The molecule has 1 fully saturated rings. The van der Waals surface area contributed by atoms with E-state index in [9.17, 15) is 0 Å². The quantitative estimate of drug-likeness (QED) is 0.727. The van der Waals surface area contributed by atoms with Crippen LogP contribution in [0, 0.1) is 0 Å². The fourth-order valence-electron chi connectivity index (χ4n) is 1.87. The molecule has 2 rings (SSSR count). The molecule has 1 aromatic rings. The van der Waals surface area contributed by atoms with Gasteiger partial charge in [-0.05, 0) is 13.3 Å². The lowest BCUT2D eigenvalue weighted by Gasteiger charge is -2.14. The van der Waals surface area contributed by atoms with E-state index in [1.165, 1.54) is 0 Å². The Bertz CT molecular complexity index is 295. The van der Waals surface area contributed by atoms with Crippen LogP contribution in [0.25, 0.3) is 0 Å². The molecule has 78 valence electrons. The molecule has 14 heavy (non-hydrogen) atoms. The Morgan fingerprint density at radius 1 is 1.64 bits per heavy atom. The molecule has 0 bridgehead atoms. The van der Waals surface area contributed by atoms with Crippen molar-refractivity contribution in [3.05, 3.63) is 12.2 Å². The van der Waals surface area contributed by atoms with Crippen molar-refractivity contribution in [3.8, 4) is 0 Å². The fraction of sp³-hybridized carbons (Fsp3) is 0.778. The number of nitrogens with two attached hydrogens (primary N) is 1. The molecule has 0 aromatic carbocycles. The van der Waals surface area contributed by atoms with Crippen LogP contribution in [0.2, 0.25) is 0 Å². The first-order valence-corrected chi connectivity index (χ1v) is 5.14. The molecule has 5 heteroatoms. The first-order valence-electron chi connectivity index (χ1n) is 5.14. The Labute approximate surface area is 83.9 Å². The third kappa shape index (κ3) is 1.93. The van der Waals surface area contributed by atoms with Gasteiger partial charge in [-0.25, -0.2) is 0 Å². The smallest absolute Gasteiger partial charge is 0.146 e. The summed E-state index contributed by atoms with van der Waals surface area (Å²) in [4.78, 5) is 2.33. The van der Waals surface area contributed by atoms with Gasteiger partial charge in [-0.2, -0.15) is 0 Å². The molecule has 2 N–H and O–H groups in total. The molecular weight excluding hydrogens is 178 g/mol. The molecule has 0 radical (unpaired) electrons. The monoisotopic (exact) mass is 195 g/mol. The highest BCUT2D eigenvalue weighted by molar-refractivity contribution is 4.88. The van der Waals surface area contributed by atoms with Crippen molar-refractivity contribution in [3.63, 3.8) is 0 Å². The Kier molecular flexibility index (Phi) is 2.79. The van der Waals surface area contributed by atoms with Crippen LogP contribution in [0.5, 0.6) is 0 Å². The number of likely N-dealkylation sites (tertiary alicyclic amines) is 1. The lowest BCUT2D eigenvalue weighted by Crippen LogP contribution is -2.27. The Balaban J connectivity index is 1.97. The van der Waals surface area contributed by atoms with Gasteiger partial charge >= 0.3 is 0 Å². The van der Waals surface area contributed by atoms with Gasteiger partial charge in [0.2, 0.25) is 0 Å². The second-order valence-corrected chi connectivity index (χ2v) is 3.82. The van der Waals surface area contributed by atoms with Crippen LogP contribution in [0.4, 0.5) is 0 Å². The van der Waals surface area contributed by atoms with E-state index in [-0.39, 0.29) is 0 Å². The first-order chi connectivity index (χ1) is 6.79. The lowest BCUT2D eigenvalue weighted by atomic mass is 10.3. The number of rotatable bonds is 3. The maximum atomic E-state index is 5.84. The minimum absolute atomic E-state index is 0.341. The van der Waals surface area contributed by atoms with E-state index in [0.717, 1.165) is 38.4 Å². The molecule has 0 amide bonds. The molecule has 1 aliphatic rings.